The molecule has 0 unspecified atom stereocenters. The third kappa shape index (κ3) is 4.85. The van der Waals surface area contributed by atoms with E-state index >= 15 is 0 Å². The molecule has 1 saturated heterocycles. The van der Waals surface area contributed by atoms with Crippen LogP contribution in [0.3, 0.4) is 0 Å². The van der Waals surface area contributed by atoms with Gasteiger partial charge in [0.15, 0.2) is 0 Å². The maximum Gasteiger partial charge on any atom is 0.323 e. The number of benzene rings is 2. The normalized spacial score (nSPS) is 15.2. The zero-order valence-corrected chi connectivity index (χ0v) is 18.5. The van der Waals surface area contributed by atoms with E-state index in [9.17, 15) is 13.2 Å². The lowest BCUT2D eigenvalue weighted by atomic mass is 10.2. The van der Waals surface area contributed by atoms with Crippen molar-refractivity contribution in [3.8, 4) is 6.07 Å². The van der Waals surface area contributed by atoms with Crippen LogP contribution in [-0.4, -0.2) is 62.6 Å². The first kappa shape index (κ1) is 22.1. The standard InChI is InChI=1S/C22H26N6O3S/c23-16-17-6-1-2-9-20(17)32(30,31)24-10-3-4-11-27-12-14-28(15-13-27)19-8-5-7-18-21(19)26-22(29)25-18/h1-2,5-9,24H,3-4,10-15H2,(H2,25,26,29). The molecule has 2 aromatic carbocycles. The number of aromatic nitrogens is 2. The van der Waals surface area contributed by atoms with Crippen molar-refractivity contribution in [1.82, 2.24) is 19.6 Å². The number of unbranched alkanes of at least 4 members (excludes halogenated alkanes) is 1. The molecule has 168 valence electrons. The highest BCUT2D eigenvalue weighted by Gasteiger charge is 2.20. The van der Waals surface area contributed by atoms with Gasteiger partial charge < -0.3 is 14.9 Å². The number of nitriles is 1. The minimum absolute atomic E-state index is 0.0254. The minimum atomic E-state index is -3.68. The van der Waals surface area contributed by atoms with E-state index in [0.29, 0.717) is 6.54 Å². The van der Waals surface area contributed by atoms with E-state index in [4.69, 9.17) is 5.26 Å². The smallest absolute Gasteiger partial charge is 0.323 e. The topological polar surface area (TPSA) is 125 Å². The molecule has 0 aliphatic carbocycles. The summed E-state index contributed by atoms with van der Waals surface area (Å²) in [6.45, 7) is 4.78. The van der Waals surface area contributed by atoms with Crippen molar-refractivity contribution < 1.29 is 8.42 Å². The molecule has 0 spiro atoms. The van der Waals surface area contributed by atoms with Crippen molar-refractivity contribution in [1.29, 1.82) is 5.26 Å². The molecule has 10 heteroatoms. The van der Waals surface area contributed by atoms with E-state index in [2.05, 4.69) is 24.5 Å². The monoisotopic (exact) mass is 454 g/mol. The predicted molar refractivity (Wildman–Crippen MR) is 123 cm³/mol. The lowest BCUT2D eigenvalue weighted by Gasteiger charge is -2.36. The van der Waals surface area contributed by atoms with Crippen molar-refractivity contribution in [2.45, 2.75) is 17.7 Å². The average Bonchev–Trinajstić information content (AvgIpc) is 3.19. The molecule has 9 nitrogen and oxygen atoms in total. The molecule has 3 aromatic rings. The molecule has 0 saturated carbocycles. The van der Waals surface area contributed by atoms with Gasteiger partial charge in [0.1, 0.15) is 6.07 Å². The Kier molecular flexibility index (Phi) is 6.60. The van der Waals surface area contributed by atoms with Gasteiger partial charge in [-0.3, -0.25) is 4.90 Å². The van der Waals surface area contributed by atoms with Crippen molar-refractivity contribution in [3.05, 3.63) is 58.5 Å². The number of fused-ring (bicyclic) bond motifs is 1. The van der Waals surface area contributed by atoms with Gasteiger partial charge in [-0.2, -0.15) is 5.26 Å². The summed E-state index contributed by atoms with van der Waals surface area (Å²) in [4.78, 5) is 22.0. The SMILES string of the molecule is N#Cc1ccccc1S(=O)(=O)NCCCCN1CCN(c2cccc3[nH]c(=O)[nH]c23)CC1. The summed E-state index contributed by atoms with van der Waals surface area (Å²) >= 11 is 0. The number of piperazine rings is 1. The van der Waals surface area contributed by atoms with E-state index in [1.54, 1.807) is 12.1 Å². The molecular weight excluding hydrogens is 428 g/mol. The number of sulfonamides is 1. The second kappa shape index (κ2) is 9.56. The van der Waals surface area contributed by atoms with Gasteiger partial charge >= 0.3 is 5.69 Å². The quantitative estimate of drug-likeness (QED) is 0.444. The summed E-state index contributed by atoms with van der Waals surface area (Å²) in [5, 5.41) is 9.11. The number of hydrogen-bond acceptors (Lipinski definition) is 6. The average molecular weight is 455 g/mol. The van der Waals surface area contributed by atoms with E-state index in [0.717, 1.165) is 62.3 Å². The second-order valence-corrected chi connectivity index (χ2v) is 9.56. The van der Waals surface area contributed by atoms with Crippen LogP contribution in [0, 0.1) is 11.3 Å². The maximum atomic E-state index is 12.4. The minimum Gasteiger partial charge on any atom is -0.367 e. The molecule has 32 heavy (non-hydrogen) atoms. The summed E-state index contributed by atoms with van der Waals surface area (Å²) in [7, 11) is -3.68. The molecule has 1 aliphatic heterocycles. The van der Waals surface area contributed by atoms with E-state index in [1.807, 2.05) is 24.3 Å². The molecule has 3 N–H and O–H groups in total. The molecule has 2 heterocycles. The fraction of sp³-hybridized carbons (Fsp3) is 0.364. The third-order valence-corrected chi connectivity index (χ3v) is 7.25. The van der Waals surface area contributed by atoms with Crippen LogP contribution in [0.4, 0.5) is 5.69 Å². The van der Waals surface area contributed by atoms with Crippen LogP contribution in [0.5, 0.6) is 0 Å². The third-order valence-electron chi connectivity index (χ3n) is 5.73. The van der Waals surface area contributed by atoms with Crippen LogP contribution in [0.25, 0.3) is 11.0 Å². The van der Waals surface area contributed by atoms with Gasteiger partial charge in [-0.1, -0.05) is 18.2 Å². The molecule has 1 aliphatic rings. The first-order chi connectivity index (χ1) is 15.5. The largest absolute Gasteiger partial charge is 0.367 e. The number of H-pyrrole nitrogens is 2. The Balaban J connectivity index is 1.22. The Labute approximate surface area is 186 Å². The van der Waals surface area contributed by atoms with Gasteiger partial charge in [0.05, 0.1) is 27.2 Å². The summed E-state index contributed by atoms with van der Waals surface area (Å²) in [5.41, 5.74) is 2.65. The Morgan fingerprint density at radius 2 is 1.78 bits per heavy atom. The van der Waals surface area contributed by atoms with Gasteiger partial charge in [-0.15, -0.1) is 0 Å². The van der Waals surface area contributed by atoms with Crippen LogP contribution < -0.4 is 15.3 Å². The highest BCUT2D eigenvalue weighted by molar-refractivity contribution is 7.89. The summed E-state index contributed by atoms with van der Waals surface area (Å²) in [6, 6.07) is 14.0. The maximum absolute atomic E-state index is 12.4. The van der Waals surface area contributed by atoms with Crippen molar-refractivity contribution >= 4 is 26.7 Å². The van der Waals surface area contributed by atoms with Gasteiger partial charge in [0, 0.05) is 32.7 Å². The first-order valence-corrected chi connectivity index (χ1v) is 12.1. The Bertz CT molecular complexity index is 1280. The summed E-state index contributed by atoms with van der Waals surface area (Å²) < 4.78 is 27.5. The Morgan fingerprint density at radius 1 is 1.00 bits per heavy atom. The van der Waals surface area contributed by atoms with Crippen molar-refractivity contribution in [3.63, 3.8) is 0 Å². The molecule has 0 bridgehead atoms. The fourth-order valence-electron chi connectivity index (χ4n) is 4.06. The van der Waals surface area contributed by atoms with E-state index in [-0.39, 0.29) is 16.1 Å². The van der Waals surface area contributed by atoms with E-state index in [1.165, 1.54) is 12.1 Å². The second-order valence-electron chi connectivity index (χ2n) is 7.82. The van der Waals surface area contributed by atoms with Crippen LogP contribution in [0.2, 0.25) is 0 Å². The Morgan fingerprint density at radius 3 is 2.56 bits per heavy atom. The van der Waals surface area contributed by atoms with Crippen LogP contribution >= 0.6 is 0 Å². The predicted octanol–water partition coefficient (Wildman–Crippen LogP) is 1.61. The zero-order valence-electron chi connectivity index (χ0n) is 17.7. The van der Waals surface area contributed by atoms with Gasteiger partial charge in [0.25, 0.3) is 0 Å². The number of anilines is 1. The highest BCUT2D eigenvalue weighted by atomic mass is 32.2. The molecule has 0 radical (unpaired) electrons. The molecule has 0 amide bonds. The van der Waals surface area contributed by atoms with Gasteiger partial charge in [0.2, 0.25) is 10.0 Å². The molecule has 1 fully saturated rings. The molecule has 4 rings (SSSR count). The van der Waals surface area contributed by atoms with Gasteiger partial charge in [-0.05, 0) is 43.7 Å². The number of nitrogens with zero attached hydrogens (tertiary/aromatic N) is 3. The number of imidazole rings is 1. The highest BCUT2D eigenvalue weighted by Crippen LogP contribution is 2.24. The zero-order chi connectivity index (χ0) is 22.6. The molecule has 1 aromatic heterocycles. The fourth-order valence-corrected chi connectivity index (χ4v) is 5.29. The summed E-state index contributed by atoms with van der Waals surface area (Å²) in [6.07, 6.45) is 1.60. The van der Waals surface area contributed by atoms with E-state index < -0.39 is 10.0 Å². The number of para-hydroxylation sites is 1. The number of hydrogen-bond donors (Lipinski definition) is 3. The van der Waals surface area contributed by atoms with Crippen LogP contribution in [0.15, 0.2) is 52.2 Å². The Hall–Kier alpha value is -3.13. The number of rotatable bonds is 8. The van der Waals surface area contributed by atoms with Gasteiger partial charge in [-0.25, -0.2) is 17.9 Å². The van der Waals surface area contributed by atoms with Crippen molar-refractivity contribution in [2.24, 2.45) is 0 Å². The number of aromatic amines is 2. The lowest BCUT2D eigenvalue weighted by molar-refractivity contribution is 0.253. The summed E-state index contributed by atoms with van der Waals surface area (Å²) in [5.74, 6) is 0. The van der Waals surface area contributed by atoms with Crippen molar-refractivity contribution in [2.75, 3.05) is 44.2 Å². The lowest BCUT2D eigenvalue weighted by Crippen LogP contribution is -2.46. The molecule has 0 atom stereocenters. The number of nitrogens with one attached hydrogen (secondary N) is 3. The van der Waals surface area contributed by atoms with Crippen LogP contribution in [-0.2, 0) is 10.0 Å². The van der Waals surface area contributed by atoms with Crippen LogP contribution in [0.1, 0.15) is 18.4 Å². The first-order valence-electron chi connectivity index (χ1n) is 10.6. The molecular formula is C22H26N6O3S.